The van der Waals surface area contributed by atoms with E-state index in [9.17, 15) is 4.79 Å². The topological polar surface area (TPSA) is 89.1 Å². The van der Waals surface area contributed by atoms with Crippen molar-refractivity contribution >= 4 is 45.9 Å². The minimum Gasteiger partial charge on any atom is -0.371 e. The van der Waals surface area contributed by atoms with Gasteiger partial charge < -0.3 is 14.7 Å². The second-order valence-corrected chi connectivity index (χ2v) is 11.4. The first-order valence-corrected chi connectivity index (χ1v) is 14.0. The quantitative estimate of drug-likeness (QED) is 0.274. The normalized spacial score (nSPS) is 14.2. The highest BCUT2D eigenvalue weighted by Crippen LogP contribution is 2.32. The van der Waals surface area contributed by atoms with Gasteiger partial charge in [0.1, 0.15) is 5.69 Å². The number of amides is 1. The molecule has 5 aromatic heterocycles. The molecular weight excluding hydrogens is 528 g/mol. The molecule has 0 aliphatic carbocycles. The molecule has 0 bridgehead atoms. The van der Waals surface area contributed by atoms with Gasteiger partial charge in [-0.15, -0.1) is 22.7 Å². The Hall–Kier alpha value is -3.47. The van der Waals surface area contributed by atoms with Crippen LogP contribution in [-0.2, 0) is 6.54 Å². The average Bonchev–Trinajstić information content (AvgIpc) is 3.73. The second-order valence-electron chi connectivity index (χ2n) is 8.78. The maximum atomic E-state index is 13.2. The Morgan fingerprint density at radius 3 is 2.68 bits per heavy atom. The smallest absolute Gasteiger partial charge is 0.272 e. The predicted molar refractivity (Wildman–Crippen MR) is 146 cm³/mol. The summed E-state index contributed by atoms with van der Waals surface area (Å²) in [7, 11) is 0. The standard InChI is InChI=1S/C26H23ClN6O2S2/c27-25-4-3-24(37-25)22-14-18(31-35-22)16-33-21(23-2-1-13-36-23)15-20(30-33)26(34)29-17-7-11-32(12-8-17)19-5-9-28-10-6-19/h1-6,9-10,13-15,17H,7-8,11-12,16H2,(H,29,34). The van der Waals surface area contributed by atoms with Crippen LogP contribution in [-0.4, -0.2) is 45.0 Å². The molecule has 1 N–H and O–H groups in total. The zero-order chi connectivity index (χ0) is 25.2. The summed E-state index contributed by atoms with van der Waals surface area (Å²) >= 11 is 9.11. The number of thiophene rings is 2. The number of halogens is 1. The van der Waals surface area contributed by atoms with Crippen LogP contribution in [0.25, 0.3) is 21.2 Å². The van der Waals surface area contributed by atoms with Gasteiger partial charge in [-0.3, -0.25) is 14.5 Å². The van der Waals surface area contributed by atoms with Crippen LogP contribution < -0.4 is 10.2 Å². The van der Waals surface area contributed by atoms with Crippen molar-refractivity contribution in [1.29, 1.82) is 0 Å². The molecule has 0 aromatic carbocycles. The molecule has 1 aliphatic heterocycles. The van der Waals surface area contributed by atoms with Crippen molar-refractivity contribution in [2.45, 2.75) is 25.4 Å². The fourth-order valence-electron chi connectivity index (χ4n) is 4.47. The lowest BCUT2D eigenvalue weighted by atomic mass is 10.0. The van der Waals surface area contributed by atoms with Crippen LogP contribution >= 0.6 is 34.3 Å². The van der Waals surface area contributed by atoms with E-state index in [1.54, 1.807) is 11.3 Å². The maximum absolute atomic E-state index is 13.2. The zero-order valence-corrected chi connectivity index (χ0v) is 22.1. The van der Waals surface area contributed by atoms with Gasteiger partial charge >= 0.3 is 0 Å². The summed E-state index contributed by atoms with van der Waals surface area (Å²) in [5.74, 6) is 0.501. The zero-order valence-electron chi connectivity index (χ0n) is 19.7. The first-order chi connectivity index (χ1) is 18.1. The molecule has 5 aromatic rings. The lowest BCUT2D eigenvalue weighted by Gasteiger charge is -2.33. The summed E-state index contributed by atoms with van der Waals surface area (Å²) in [6, 6.07) is 15.6. The monoisotopic (exact) mass is 550 g/mol. The van der Waals surface area contributed by atoms with Gasteiger partial charge in [0.15, 0.2) is 11.5 Å². The minimum atomic E-state index is -0.159. The molecule has 0 saturated carbocycles. The minimum absolute atomic E-state index is 0.108. The highest BCUT2D eigenvalue weighted by atomic mass is 35.5. The Labute approximate surface area is 226 Å². The summed E-state index contributed by atoms with van der Waals surface area (Å²) in [6.45, 7) is 2.15. The number of carbonyl (C=O) groups excluding carboxylic acids is 1. The number of nitrogens with one attached hydrogen (secondary N) is 1. The largest absolute Gasteiger partial charge is 0.371 e. The first-order valence-electron chi connectivity index (χ1n) is 11.9. The third-order valence-electron chi connectivity index (χ3n) is 6.33. The number of hydrogen-bond donors (Lipinski definition) is 1. The van der Waals surface area contributed by atoms with Crippen molar-refractivity contribution < 1.29 is 9.32 Å². The van der Waals surface area contributed by atoms with Crippen molar-refractivity contribution in [2.75, 3.05) is 18.0 Å². The van der Waals surface area contributed by atoms with E-state index in [2.05, 4.69) is 25.5 Å². The first kappa shape index (κ1) is 23.9. The Kier molecular flexibility index (Phi) is 6.77. The van der Waals surface area contributed by atoms with Gasteiger partial charge in [-0.1, -0.05) is 22.8 Å². The summed E-state index contributed by atoms with van der Waals surface area (Å²) < 4.78 is 8.05. The number of anilines is 1. The van der Waals surface area contributed by atoms with Crippen LogP contribution in [0.3, 0.4) is 0 Å². The molecule has 1 fully saturated rings. The maximum Gasteiger partial charge on any atom is 0.272 e. The highest BCUT2D eigenvalue weighted by molar-refractivity contribution is 7.19. The number of pyridine rings is 1. The van der Waals surface area contributed by atoms with E-state index >= 15 is 0 Å². The predicted octanol–water partition coefficient (Wildman–Crippen LogP) is 5.82. The molecule has 1 aliphatic rings. The molecule has 0 unspecified atom stereocenters. The molecule has 6 rings (SSSR count). The third-order valence-corrected chi connectivity index (χ3v) is 8.47. The molecule has 11 heteroatoms. The van der Waals surface area contributed by atoms with Crippen molar-refractivity contribution in [3.05, 3.63) is 82.0 Å². The van der Waals surface area contributed by atoms with Crippen LogP contribution in [0.1, 0.15) is 29.0 Å². The number of carbonyl (C=O) groups is 1. The van der Waals surface area contributed by atoms with E-state index in [1.165, 1.54) is 11.3 Å². The Morgan fingerprint density at radius 2 is 1.95 bits per heavy atom. The SMILES string of the molecule is O=C(NC1CCN(c2ccncc2)CC1)c1cc(-c2cccs2)n(Cc2cc(-c3ccc(Cl)s3)on2)n1. The summed E-state index contributed by atoms with van der Waals surface area (Å²) in [6.07, 6.45) is 5.37. The highest BCUT2D eigenvalue weighted by Gasteiger charge is 2.24. The van der Waals surface area contributed by atoms with Gasteiger partial charge in [0.25, 0.3) is 5.91 Å². The number of rotatable bonds is 7. The molecule has 1 saturated heterocycles. The Morgan fingerprint density at radius 1 is 1.11 bits per heavy atom. The molecule has 0 spiro atoms. The van der Waals surface area contributed by atoms with E-state index in [1.807, 2.05) is 71.0 Å². The fourth-order valence-corrected chi connectivity index (χ4v) is 6.21. The van der Waals surface area contributed by atoms with E-state index in [4.69, 9.17) is 16.1 Å². The van der Waals surface area contributed by atoms with Gasteiger partial charge in [-0.2, -0.15) is 5.10 Å². The third kappa shape index (κ3) is 5.31. The molecular formula is C26H23ClN6O2S2. The van der Waals surface area contributed by atoms with Gasteiger partial charge in [0.2, 0.25) is 0 Å². The molecule has 8 nitrogen and oxygen atoms in total. The lowest BCUT2D eigenvalue weighted by Crippen LogP contribution is -2.44. The van der Waals surface area contributed by atoms with Crippen molar-refractivity contribution in [2.24, 2.45) is 0 Å². The lowest BCUT2D eigenvalue weighted by molar-refractivity contribution is 0.0925. The Bertz CT molecular complexity index is 1490. The summed E-state index contributed by atoms with van der Waals surface area (Å²) in [5, 5.41) is 14.1. The molecule has 0 radical (unpaired) electrons. The van der Waals surface area contributed by atoms with Crippen LogP contribution in [0.4, 0.5) is 5.69 Å². The Balaban J connectivity index is 1.16. The fraction of sp³-hybridized carbons (Fsp3) is 0.231. The molecule has 1 amide bonds. The van der Waals surface area contributed by atoms with Gasteiger partial charge in [0.05, 0.1) is 26.3 Å². The number of piperidine rings is 1. The summed E-state index contributed by atoms with van der Waals surface area (Å²) in [4.78, 5) is 21.6. The van der Waals surface area contributed by atoms with Crippen LogP contribution in [0, 0.1) is 0 Å². The van der Waals surface area contributed by atoms with Gasteiger partial charge in [-0.25, -0.2) is 0 Å². The van der Waals surface area contributed by atoms with Crippen molar-refractivity contribution in [3.8, 4) is 21.2 Å². The van der Waals surface area contributed by atoms with Crippen LogP contribution in [0.2, 0.25) is 4.34 Å². The van der Waals surface area contributed by atoms with E-state index < -0.39 is 0 Å². The molecule has 6 heterocycles. The van der Waals surface area contributed by atoms with Gasteiger partial charge in [0, 0.05) is 43.3 Å². The van der Waals surface area contributed by atoms with Crippen molar-refractivity contribution in [1.82, 2.24) is 25.2 Å². The van der Waals surface area contributed by atoms with Crippen molar-refractivity contribution in [3.63, 3.8) is 0 Å². The number of nitrogens with zero attached hydrogens (tertiary/aromatic N) is 5. The van der Waals surface area contributed by atoms with Gasteiger partial charge in [-0.05, 0) is 54.6 Å². The second kappa shape index (κ2) is 10.5. The van der Waals surface area contributed by atoms with Crippen LogP contribution in [0.15, 0.2) is 70.8 Å². The van der Waals surface area contributed by atoms with E-state index in [-0.39, 0.29) is 11.9 Å². The number of hydrogen-bond acceptors (Lipinski definition) is 8. The van der Waals surface area contributed by atoms with E-state index in [0.717, 1.165) is 52.8 Å². The summed E-state index contributed by atoms with van der Waals surface area (Å²) in [5.41, 5.74) is 3.15. The van der Waals surface area contributed by atoms with Crippen LogP contribution in [0.5, 0.6) is 0 Å². The van der Waals surface area contributed by atoms with E-state index in [0.29, 0.717) is 22.3 Å². The average molecular weight is 551 g/mol. The number of aromatic nitrogens is 4. The molecule has 0 atom stereocenters. The molecule has 188 valence electrons. The molecule has 37 heavy (non-hydrogen) atoms.